The van der Waals surface area contributed by atoms with E-state index < -0.39 is 0 Å². The van der Waals surface area contributed by atoms with E-state index in [1.165, 1.54) is 64.5 Å². The summed E-state index contributed by atoms with van der Waals surface area (Å²) in [7, 11) is 0. The van der Waals surface area contributed by atoms with Crippen molar-refractivity contribution in [2.24, 2.45) is 11.7 Å². The molecule has 1 aliphatic heterocycles. The molecule has 0 aromatic rings. The number of nitrogens with two attached hydrogens (primary N) is 1. The van der Waals surface area contributed by atoms with Gasteiger partial charge in [0, 0.05) is 11.6 Å². The Labute approximate surface area is 107 Å². The zero-order valence-corrected chi connectivity index (χ0v) is 11.8. The third-order valence-corrected chi connectivity index (χ3v) is 5.14. The van der Waals surface area contributed by atoms with Gasteiger partial charge in [-0.1, -0.05) is 25.7 Å². The highest BCUT2D eigenvalue weighted by Gasteiger charge is 2.38. The van der Waals surface area contributed by atoms with Crippen LogP contribution in [0.25, 0.3) is 0 Å². The molecule has 2 heteroatoms. The van der Waals surface area contributed by atoms with Gasteiger partial charge in [-0.05, 0) is 58.5 Å². The molecule has 1 saturated carbocycles. The molecule has 1 atom stereocenters. The number of likely N-dealkylation sites (tertiary alicyclic amines) is 1. The van der Waals surface area contributed by atoms with Gasteiger partial charge in [-0.25, -0.2) is 0 Å². The van der Waals surface area contributed by atoms with Gasteiger partial charge in [0.2, 0.25) is 0 Å². The van der Waals surface area contributed by atoms with Crippen LogP contribution >= 0.6 is 0 Å². The molecule has 0 aromatic carbocycles. The first-order valence-electron chi connectivity index (χ1n) is 7.63. The van der Waals surface area contributed by atoms with Gasteiger partial charge in [-0.2, -0.15) is 0 Å². The second-order valence-electron chi connectivity index (χ2n) is 6.63. The zero-order valence-electron chi connectivity index (χ0n) is 11.8. The van der Waals surface area contributed by atoms with Gasteiger partial charge in [0.25, 0.3) is 0 Å². The van der Waals surface area contributed by atoms with Crippen molar-refractivity contribution in [2.75, 3.05) is 13.1 Å². The third-order valence-electron chi connectivity index (χ3n) is 5.14. The Hall–Kier alpha value is -0.0800. The molecule has 17 heavy (non-hydrogen) atoms. The Morgan fingerprint density at radius 1 is 0.941 bits per heavy atom. The maximum Gasteiger partial charge on any atom is 0.0306 e. The predicted octanol–water partition coefficient (Wildman–Crippen LogP) is 3.16. The Bertz CT molecular complexity index is 223. The van der Waals surface area contributed by atoms with Crippen molar-refractivity contribution < 1.29 is 0 Å². The van der Waals surface area contributed by atoms with E-state index >= 15 is 0 Å². The molecular formula is C15H30N2. The van der Waals surface area contributed by atoms with Crippen molar-refractivity contribution in [1.29, 1.82) is 0 Å². The first kappa shape index (κ1) is 13.4. The molecule has 1 heterocycles. The van der Waals surface area contributed by atoms with Crippen LogP contribution in [0, 0.1) is 5.92 Å². The minimum Gasteiger partial charge on any atom is -0.326 e. The maximum absolute atomic E-state index is 6.63. The Morgan fingerprint density at radius 2 is 1.47 bits per heavy atom. The minimum atomic E-state index is 0.200. The summed E-state index contributed by atoms with van der Waals surface area (Å²) in [5.41, 5.74) is 6.83. The topological polar surface area (TPSA) is 29.3 Å². The summed E-state index contributed by atoms with van der Waals surface area (Å²) in [6, 6.07) is 0.360. The molecule has 2 aliphatic rings. The van der Waals surface area contributed by atoms with E-state index in [1.807, 2.05) is 0 Å². The van der Waals surface area contributed by atoms with Crippen LogP contribution < -0.4 is 5.73 Å². The second kappa shape index (κ2) is 5.71. The molecule has 0 spiro atoms. The molecular weight excluding hydrogens is 208 g/mol. The van der Waals surface area contributed by atoms with Crippen LogP contribution in [0.4, 0.5) is 0 Å². The van der Waals surface area contributed by atoms with E-state index in [0.29, 0.717) is 6.04 Å². The van der Waals surface area contributed by atoms with Crippen LogP contribution in [0.2, 0.25) is 0 Å². The fraction of sp³-hybridized carbons (Fsp3) is 1.00. The third kappa shape index (κ3) is 3.03. The van der Waals surface area contributed by atoms with E-state index in [1.54, 1.807) is 0 Å². The highest BCUT2D eigenvalue weighted by Crippen LogP contribution is 2.33. The molecule has 2 fully saturated rings. The molecule has 1 unspecified atom stereocenters. The van der Waals surface area contributed by atoms with Crippen LogP contribution in [-0.2, 0) is 0 Å². The largest absolute Gasteiger partial charge is 0.326 e. The van der Waals surface area contributed by atoms with Gasteiger partial charge in [0.1, 0.15) is 0 Å². The highest BCUT2D eigenvalue weighted by molar-refractivity contribution is 4.97. The first-order valence-corrected chi connectivity index (χ1v) is 7.63. The van der Waals surface area contributed by atoms with E-state index in [4.69, 9.17) is 5.73 Å². The maximum atomic E-state index is 6.63. The Balaban J connectivity index is 1.98. The van der Waals surface area contributed by atoms with Crippen LogP contribution in [0.3, 0.4) is 0 Å². The molecule has 0 bridgehead atoms. The van der Waals surface area contributed by atoms with Crippen LogP contribution in [0.15, 0.2) is 0 Å². The van der Waals surface area contributed by atoms with Gasteiger partial charge >= 0.3 is 0 Å². The lowest BCUT2D eigenvalue weighted by Crippen LogP contribution is -2.58. The fourth-order valence-electron chi connectivity index (χ4n) is 3.75. The normalized spacial score (nSPS) is 27.0. The Morgan fingerprint density at radius 3 is 2.00 bits per heavy atom. The molecule has 0 aromatic heterocycles. The van der Waals surface area contributed by atoms with Crippen molar-refractivity contribution in [3.05, 3.63) is 0 Å². The molecule has 2 rings (SSSR count). The highest BCUT2D eigenvalue weighted by atomic mass is 15.2. The van der Waals surface area contributed by atoms with Gasteiger partial charge in [0.15, 0.2) is 0 Å². The molecule has 1 aliphatic carbocycles. The van der Waals surface area contributed by atoms with Gasteiger partial charge in [-0.15, -0.1) is 0 Å². The summed E-state index contributed by atoms with van der Waals surface area (Å²) in [5, 5.41) is 0. The summed E-state index contributed by atoms with van der Waals surface area (Å²) >= 11 is 0. The fourth-order valence-corrected chi connectivity index (χ4v) is 3.75. The van der Waals surface area contributed by atoms with Gasteiger partial charge in [-0.3, -0.25) is 4.90 Å². The van der Waals surface area contributed by atoms with E-state index in [9.17, 15) is 0 Å². The summed E-state index contributed by atoms with van der Waals surface area (Å²) < 4.78 is 0. The van der Waals surface area contributed by atoms with E-state index in [-0.39, 0.29) is 5.54 Å². The van der Waals surface area contributed by atoms with E-state index in [0.717, 1.165) is 5.92 Å². The number of hydrogen-bond donors (Lipinski definition) is 1. The molecule has 1 saturated heterocycles. The molecule has 0 radical (unpaired) electrons. The number of nitrogens with zero attached hydrogens (tertiary/aromatic N) is 1. The molecule has 0 amide bonds. The smallest absolute Gasteiger partial charge is 0.0306 e. The average molecular weight is 238 g/mol. The molecule has 100 valence electrons. The van der Waals surface area contributed by atoms with Crippen molar-refractivity contribution in [1.82, 2.24) is 4.90 Å². The summed E-state index contributed by atoms with van der Waals surface area (Å²) in [4.78, 5) is 2.63. The van der Waals surface area contributed by atoms with E-state index in [2.05, 4.69) is 18.7 Å². The van der Waals surface area contributed by atoms with Crippen molar-refractivity contribution in [3.8, 4) is 0 Å². The summed E-state index contributed by atoms with van der Waals surface area (Å²) in [6.45, 7) is 7.25. The lowest BCUT2D eigenvalue weighted by molar-refractivity contribution is 0.0920. The zero-order chi connectivity index (χ0) is 12.3. The van der Waals surface area contributed by atoms with Gasteiger partial charge in [0.05, 0.1) is 0 Å². The monoisotopic (exact) mass is 238 g/mol. The number of rotatable bonds is 3. The minimum absolute atomic E-state index is 0.200. The number of hydrogen-bond acceptors (Lipinski definition) is 2. The van der Waals surface area contributed by atoms with Gasteiger partial charge < -0.3 is 5.73 Å². The first-order chi connectivity index (χ1) is 8.12. The van der Waals surface area contributed by atoms with Crippen molar-refractivity contribution in [3.63, 3.8) is 0 Å². The summed E-state index contributed by atoms with van der Waals surface area (Å²) in [5.74, 6) is 0.757. The predicted molar refractivity (Wildman–Crippen MR) is 74.1 cm³/mol. The molecule has 2 N–H and O–H groups in total. The van der Waals surface area contributed by atoms with Crippen LogP contribution in [-0.4, -0.2) is 29.6 Å². The second-order valence-corrected chi connectivity index (χ2v) is 6.63. The van der Waals surface area contributed by atoms with Crippen LogP contribution in [0.1, 0.15) is 65.2 Å². The lowest BCUT2D eigenvalue weighted by atomic mass is 9.80. The summed E-state index contributed by atoms with van der Waals surface area (Å²) in [6.07, 6.45) is 11.1. The lowest BCUT2D eigenvalue weighted by Gasteiger charge is -2.43. The SMILES string of the molecule is CC(C)(C(N)C1CCCCCC1)N1CCCC1. The Kier molecular flexibility index (Phi) is 4.48. The van der Waals surface area contributed by atoms with Crippen molar-refractivity contribution >= 4 is 0 Å². The van der Waals surface area contributed by atoms with Crippen molar-refractivity contribution in [2.45, 2.75) is 76.8 Å². The average Bonchev–Trinajstić information content (AvgIpc) is 2.72. The standard InChI is InChI=1S/C15H30N2/c1-15(2,17-11-7-8-12-17)14(16)13-9-5-3-4-6-10-13/h13-14H,3-12,16H2,1-2H3. The van der Waals surface area contributed by atoms with Crippen LogP contribution in [0.5, 0.6) is 0 Å². The quantitative estimate of drug-likeness (QED) is 0.765. The molecule has 2 nitrogen and oxygen atoms in total.